The van der Waals surface area contributed by atoms with Gasteiger partial charge in [-0.05, 0) is 31.2 Å². The molecule has 7 heteroatoms. The molecule has 1 heterocycles. The van der Waals surface area contributed by atoms with E-state index in [1.165, 1.54) is 17.5 Å². The highest BCUT2D eigenvalue weighted by molar-refractivity contribution is 7.89. The van der Waals surface area contributed by atoms with Crippen LogP contribution in [0.3, 0.4) is 0 Å². The first-order chi connectivity index (χ1) is 9.98. The minimum Gasteiger partial charge on any atom is -0.495 e. The summed E-state index contributed by atoms with van der Waals surface area (Å²) in [6.07, 6.45) is 1.09. The Bertz CT molecular complexity index is 581. The van der Waals surface area contributed by atoms with Gasteiger partial charge in [-0.3, -0.25) is 0 Å². The van der Waals surface area contributed by atoms with Crippen molar-refractivity contribution in [3.05, 3.63) is 18.2 Å². The van der Waals surface area contributed by atoms with Crippen LogP contribution in [0.1, 0.15) is 13.3 Å². The van der Waals surface area contributed by atoms with Gasteiger partial charge in [0.15, 0.2) is 0 Å². The quantitative estimate of drug-likeness (QED) is 0.821. The summed E-state index contributed by atoms with van der Waals surface area (Å²) in [5.74, 6) is 0.488. The molecular formula is C14H23N3O3S. The van der Waals surface area contributed by atoms with Gasteiger partial charge in [-0.15, -0.1) is 0 Å². The number of hydrogen-bond acceptors (Lipinski definition) is 5. The Labute approximate surface area is 126 Å². The van der Waals surface area contributed by atoms with Gasteiger partial charge in [0.05, 0.1) is 17.7 Å². The topological polar surface area (TPSA) is 75.9 Å². The molecule has 2 N–H and O–H groups in total. The van der Waals surface area contributed by atoms with E-state index >= 15 is 0 Å². The molecule has 1 aromatic rings. The van der Waals surface area contributed by atoms with E-state index in [4.69, 9.17) is 10.5 Å². The number of nitrogens with zero attached hydrogens (tertiary/aromatic N) is 2. The van der Waals surface area contributed by atoms with E-state index in [9.17, 15) is 8.42 Å². The Balaban J connectivity index is 2.14. The molecular weight excluding hydrogens is 290 g/mol. The Morgan fingerprint density at radius 2 is 1.90 bits per heavy atom. The van der Waals surface area contributed by atoms with Crippen LogP contribution in [0.2, 0.25) is 0 Å². The standard InChI is InChI=1S/C14H23N3O3S/c1-3-6-16-7-9-17(10-8-16)21(18,19)12-4-5-14(20-2)13(15)11-12/h4-5,11H,3,6-10,15H2,1-2H3. The fraction of sp³-hybridized carbons (Fsp3) is 0.571. The van der Waals surface area contributed by atoms with Crippen LogP contribution < -0.4 is 10.5 Å². The van der Waals surface area contributed by atoms with Crippen molar-refractivity contribution in [2.75, 3.05) is 45.6 Å². The van der Waals surface area contributed by atoms with Crippen LogP contribution >= 0.6 is 0 Å². The van der Waals surface area contributed by atoms with E-state index in [0.29, 0.717) is 24.5 Å². The van der Waals surface area contributed by atoms with E-state index in [1.54, 1.807) is 12.1 Å². The summed E-state index contributed by atoms with van der Waals surface area (Å²) < 4.78 is 31.8. The predicted molar refractivity (Wildman–Crippen MR) is 82.9 cm³/mol. The van der Waals surface area contributed by atoms with Crippen LogP contribution in [0.5, 0.6) is 5.75 Å². The van der Waals surface area contributed by atoms with Crippen molar-refractivity contribution in [1.82, 2.24) is 9.21 Å². The molecule has 0 bridgehead atoms. The molecule has 0 amide bonds. The lowest BCUT2D eigenvalue weighted by Crippen LogP contribution is -2.48. The second-order valence-electron chi connectivity index (χ2n) is 5.15. The van der Waals surface area contributed by atoms with Gasteiger partial charge in [-0.2, -0.15) is 4.31 Å². The van der Waals surface area contributed by atoms with E-state index < -0.39 is 10.0 Å². The van der Waals surface area contributed by atoms with Crippen molar-refractivity contribution in [2.45, 2.75) is 18.2 Å². The third kappa shape index (κ3) is 3.48. The van der Waals surface area contributed by atoms with Crippen LogP contribution in [0, 0.1) is 0 Å². The minimum absolute atomic E-state index is 0.227. The highest BCUT2D eigenvalue weighted by atomic mass is 32.2. The minimum atomic E-state index is -3.48. The number of benzene rings is 1. The lowest BCUT2D eigenvalue weighted by molar-refractivity contribution is 0.188. The first kappa shape index (κ1) is 16.1. The van der Waals surface area contributed by atoms with E-state index in [2.05, 4.69) is 11.8 Å². The van der Waals surface area contributed by atoms with Crippen LogP contribution in [0.15, 0.2) is 23.1 Å². The van der Waals surface area contributed by atoms with Crippen molar-refractivity contribution < 1.29 is 13.2 Å². The monoisotopic (exact) mass is 313 g/mol. The van der Waals surface area contributed by atoms with Gasteiger partial charge in [-0.1, -0.05) is 6.92 Å². The summed E-state index contributed by atoms with van der Waals surface area (Å²) in [5.41, 5.74) is 6.14. The van der Waals surface area contributed by atoms with Gasteiger partial charge in [0, 0.05) is 26.2 Å². The zero-order valence-corrected chi connectivity index (χ0v) is 13.4. The molecule has 2 rings (SSSR count). The second-order valence-corrected chi connectivity index (χ2v) is 7.09. The molecule has 0 aromatic heterocycles. The van der Waals surface area contributed by atoms with Crippen LogP contribution in [-0.2, 0) is 10.0 Å². The number of nitrogen functional groups attached to an aromatic ring is 1. The van der Waals surface area contributed by atoms with Gasteiger partial charge < -0.3 is 15.4 Å². The molecule has 21 heavy (non-hydrogen) atoms. The number of anilines is 1. The number of methoxy groups -OCH3 is 1. The fourth-order valence-corrected chi connectivity index (χ4v) is 3.99. The first-order valence-electron chi connectivity index (χ1n) is 7.15. The van der Waals surface area contributed by atoms with Crippen molar-refractivity contribution >= 4 is 15.7 Å². The molecule has 1 fully saturated rings. The normalized spacial score (nSPS) is 17.8. The van der Waals surface area contributed by atoms with E-state index in [0.717, 1.165) is 26.1 Å². The van der Waals surface area contributed by atoms with E-state index in [1.807, 2.05) is 0 Å². The maximum absolute atomic E-state index is 12.6. The Morgan fingerprint density at radius 1 is 1.24 bits per heavy atom. The van der Waals surface area contributed by atoms with Crippen molar-refractivity contribution in [2.24, 2.45) is 0 Å². The Hall–Kier alpha value is -1.31. The van der Waals surface area contributed by atoms with Gasteiger partial charge in [0.1, 0.15) is 5.75 Å². The highest BCUT2D eigenvalue weighted by Gasteiger charge is 2.28. The smallest absolute Gasteiger partial charge is 0.243 e. The third-order valence-corrected chi connectivity index (χ3v) is 5.60. The zero-order chi connectivity index (χ0) is 15.5. The number of ether oxygens (including phenoxy) is 1. The lowest BCUT2D eigenvalue weighted by atomic mass is 10.3. The molecule has 1 aromatic carbocycles. The zero-order valence-electron chi connectivity index (χ0n) is 12.6. The molecule has 0 unspecified atom stereocenters. The molecule has 0 radical (unpaired) electrons. The molecule has 0 aliphatic carbocycles. The first-order valence-corrected chi connectivity index (χ1v) is 8.59. The summed E-state index contributed by atoms with van der Waals surface area (Å²) >= 11 is 0. The number of sulfonamides is 1. The van der Waals surface area contributed by atoms with Gasteiger partial charge in [0.2, 0.25) is 10.0 Å². The summed E-state index contributed by atoms with van der Waals surface area (Å²) in [4.78, 5) is 2.51. The van der Waals surface area contributed by atoms with Crippen molar-refractivity contribution in [1.29, 1.82) is 0 Å². The number of rotatable bonds is 5. The molecule has 1 aliphatic heterocycles. The molecule has 1 aliphatic rings. The highest BCUT2D eigenvalue weighted by Crippen LogP contribution is 2.26. The number of nitrogens with two attached hydrogens (primary N) is 1. The number of piperazine rings is 1. The third-order valence-electron chi connectivity index (χ3n) is 3.71. The predicted octanol–water partition coefficient (Wildman–Crippen LogP) is 0.994. The van der Waals surface area contributed by atoms with Gasteiger partial charge >= 0.3 is 0 Å². The molecule has 0 saturated carbocycles. The van der Waals surface area contributed by atoms with Crippen molar-refractivity contribution in [3.8, 4) is 5.75 Å². The summed E-state index contributed by atoms with van der Waals surface area (Å²) in [6.45, 7) is 5.74. The van der Waals surface area contributed by atoms with Crippen molar-refractivity contribution in [3.63, 3.8) is 0 Å². The molecule has 1 saturated heterocycles. The van der Waals surface area contributed by atoms with E-state index in [-0.39, 0.29) is 4.90 Å². The number of hydrogen-bond donors (Lipinski definition) is 1. The summed E-state index contributed by atoms with van der Waals surface area (Å²) in [5, 5.41) is 0. The average Bonchev–Trinajstić information content (AvgIpc) is 2.48. The lowest BCUT2D eigenvalue weighted by Gasteiger charge is -2.33. The molecule has 6 nitrogen and oxygen atoms in total. The second kappa shape index (κ2) is 6.64. The summed E-state index contributed by atoms with van der Waals surface area (Å²) in [6, 6.07) is 4.60. The maximum atomic E-state index is 12.6. The molecule has 0 atom stereocenters. The van der Waals surface area contributed by atoms with Crippen LogP contribution in [-0.4, -0.2) is 57.5 Å². The molecule has 0 spiro atoms. The Morgan fingerprint density at radius 3 is 2.43 bits per heavy atom. The molecule has 118 valence electrons. The summed E-state index contributed by atoms with van der Waals surface area (Å²) in [7, 11) is -1.97. The fourth-order valence-electron chi connectivity index (χ4n) is 2.53. The largest absolute Gasteiger partial charge is 0.495 e. The van der Waals surface area contributed by atoms with Gasteiger partial charge in [-0.25, -0.2) is 8.42 Å². The average molecular weight is 313 g/mol. The van der Waals surface area contributed by atoms with Crippen LogP contribution in [0.4, 0.5) is 5.69 Å². The van der Waals surface area contributed by atoms with Crippen LogP contribution in [0.25, 0.3) is 0 Å². The maximum Gasteiger partial charge on any atom is 0.243 e. The SMILES string of the molecule is CCCN1CCN(S(=O)(=O)c2ccc(OC)c(N)c2)CC1. The Kier molecular flexibility index (Phi) is 5.08. The van der Waals surface area contributed by atoms with Gasteiger partial charge in [0.25, 0.3) is 0 Å².